The van der Waals surface area contributed by atoms with Crippen molar-refractivity contribution in [3.05, 3.63) is 129 Å². The Morgan fingerprint density at radius 2 is 1.32 bits per heavy atom. The predicted octanol–water partition coefficient (Wildman–Crippen LogP) is 3.86. The summed E-state index contributed by atoms with van der Waals surface area (Å²) in [4.78, 5) is 31.0. The van der Waals surface area contributed by atoms with Crippen molar-refractivity contribution in [3.8, 4) is 22.6 Å². The van der Waals surface area contributed by atoms with Gasteiger partial charge in [-0.2, -0.15) is 0 Å². The lowest BCUT2D eigenvalue weighted by atomic mass is 10.1. The molecule has 0 bridgehead atoms. The standard InChI is InChI=1S/C27H23N5O2/c1-19-25(27(34)32(30(19)2)22-16-10-5-11-17-22)28-23-18-24(20-12-6-3-7-13-20)31(29-26(23)33)21-14-8-4-9-15-21/h3-18H,1-2H3,(H,29,33). The summed E-state index contributed by atoms with van der Waals surface area (Å²) in [5.74, 6) is 0. The first-order valence-corrected chi connectivity index (χ1v) is 10.9. The van der Waals surface area contributed by atoms with Crippen LogP contribution in [0.25, 0.3) is 22.6 Å². The number of benzene rings is 3. The maximum atomic E-state index is 13.3. The van der Waals surface area contributed by atoms with Gasteiger partial charge in [0.1, 0.15) is 5.36 Å². The quantitative estimate of drug-likeness (QED) is 0.452. The van der Waals surface area contributed by atoms with Crippen molar-refractivity contribution >= 4 is 5.69 Å². The highest BCUT2D eigenvalue weighted by Gasteiger charge is 2.16. The van der Waals surface area contributed by atoms with E-state index in [-0.39, 0.29) is 16.6 Å². The van der Waals surface area contributed by atoms with Crippen LogP contribution in [-0.4, -0.2) is 19.1 Å². The molecule has 5 rings (SSSR count). The first kappa shape index (κ1) is 21.2. The van der Waals surface area contributed by atoms with Gasteiger partial charge in [0.25, 0.3) is 11.1 Å². The summed E-state index contributed by atoms with van der Waals surface area (Å²) in [6, 6.07) is 30.4. The van der Waals surface area contributed by atoms with Crippen molar-refractivity contribution in [2.45, 2.75) is 6.92 Å². The molecule has 168 valence electrons. The van der Waals surface area contributed by atoms with Crippen LogP contribution in [-0.2, 0) is 7.05 Å². The van der Waals surface area contributed by atoms with Crippen molar-refractivity contribution in [3.63, 3.8) is 0 Å². The summed E-state index contributed by atoms with van der Waals surface area (Å²) in [6.45, 7) is 1.82. The molecule has 0 radical (unpaired) electrons. The molecule has 0 spiro atoms. The molecule has 0 amide bonds. The Kier molecular flexibility index (Phi) is 5.43. The molecule has 0 aliphatic carbocycles. The second-order valence-electron chi connectivity index (χ2n) is 7.91. The van der Waals surface area contributed by atoms with Crippen LogP contribution < -0.4 is 16.5 Å². The third-order valence-corrected chi connectivity index (χ3v) is 5.80. The molecular formula is C27H23N5O2. The summed E-state index contributed by atoms with van der Waals surface area (Å²) in [5, 5.41) is 3.09. The van der Waals surface area contributed by atoms with E-state index in [1.165, 1.54) is 0 Å². The summed E-state index contributed by atoms with van der Waals surface area (Å²) >= 11 is 0. The van der Waals surface area contributed by atoms with Crippen molar-refractivity contribution in [2.24, 2.45) is 12.0 Å². The Labute approximate surface area is 195 Å². The van der Waals surface area contributed by atoms with Gasteiger partial charge >= 0.3 is 0 Å². The lowest BCUT2D eigenvalue weighted by molar-refractivity contribution is 0.630. The molecule has 1 N–H and O–H groups in total. The first-order chi connectivity index (χ1) is 16.5. The van der Waals surface area contributed by atoms with E-state index in [0.717, 1.165) is 22.6 Å². The second-order valence-corrected chi connectivity index (χ2v) is 7.91. The molecule has 0 saturated heterocycles. The highest BCUT2D eigenvalue weighted by Crippen LogP contribution is 2.20. The zero-order valence-electron chi connectivity index (χ0n) is 18.8. The molecule has 0 saturated carbocycles. The topological polar surface area (TPSA) is 77.1 Å². The lowest BCUT2D eigenvalue weighted by Gasteiger charge is -2.13. The highest BCUT2D eigenvalue weighted by atomic mass is 16.1. The Bertz CT molecular complexity index is 1640. The molecule has 0 aliphatic rings. The lowest BCUT2D eigenvalue weighted by Crippen LogP contribution is -2.32. The third kappa shape index (κ3) is 3.73. The molecule has 0 aliphatic heterocycles. The van der Waals surface area contributed by atoms with Gasteiger partial charge in [0.15, 0.2) is 5.69 Å². The minimum atomic E-state index is -0.391. The van der Waals surface area contributed by atoms with Crippen molar-refractivity contribution in [2.75, 3.05) is 0 Å². The Hall–Kier alpha value is -4.65. The first-order valence-electron chi connectivity index (χ1n) is 10.9. The normalized spacial score (nSPS) is 11.6. The molecule has 7 nitrogen and oxygen atoms in total. The van der Waals surface area contributed by atoms with Gasteiger partial charge in [0.2, 0.25) is 0 Å². The molecular weight excluding hydrogens is 426 g/mol. The van der Waals surface area contributed by atoms with Crippen LogP contribution in [0.5, 0.6) is 0 Å². The number of hydrogen-bond donors (Lipinski definition) is 1. The second kappa shape index (κ2) is 8.71. The van der Waals surface area contributed by atoms with Crippen LogP contribution in [0.4, 0.5) is 5.69 Å². The Morgan fingerprint density at radius 3 is 1.94 bits per heavy atom. The number of nitrogens with zero attached hydrogens (tertiary/aromatic N) is 4. The Morgan fingerprint density at radius 1 is 0.765 bits per heavy atom. The van der Waals surface area contributed by atoms with Crippen molar-refractivity contribution in [1.82, 2.24) is 19.1 Å². The third-order valence-electron chi connectivity index (χ3n) is 5.80. The Balaban J connectivity index is 1.76. The highest BCUT2D eigenvalue weighted by molar-refractivity contribution is 5.61. The summed E-state index contributed by atoms with van der Waals surface area (Å²) in [5.41, 5.74) is 3.42. The van der Waals surface area contributed by atoms with E-state index in [2.05, 4.69) is 10.1 Å². The zero-order valence-corrected chi connectivity index (χ0v) is 18.8. The fraction of sp³-hybridized carbons (Fsp3) is 0.0741. The summed E-state index contributed by atoms with van der Waals surface area (Å²) < 4.78 is 5.03. The molecule has 2 heterocycles. The number of para-hydroxylation sites is 2. The smallest absolute Gasteiger partial charge is 0.283 e. The van der Waals surface area contributed by atoms with E-state index in [0.29, 0.717) is 5.69 Å². The molecule has 7 heteroatoms. The number of H-pyrrole nitrogens is 1. The summed E-state index contributed by atoms with van der Waals surface area (Å²) in [6.07, 6.45) is 0. The van der Waals surface area contributed by atoms with Crippen LogP contribution >= 0.6 is 0 Å². The van der Waals surface area contributed by atoms with Crippen LogP contribution in [0.3, 0.4) is 0 Å². The number of aromatic amines is 1. The maximum absolute atomic E-state index is 13.3. The monoisotopic (exact) mass is 449 g/mol. The van der Waals surface area contributed by atoms with Gasteiger partial charge in [-0.05, 0) is 37.3 Å². The molecule has 0 fully saturated rings. The summed E-state index contributed by atoms with van der Waals surface area (Å²) in [7, 11) is 1.80. The zero-order chi connectivity index (χ0) is 23.7. The van der Waals surface area contributed by atoms with Crippen LogP contribution in [0.15, 0.2) is 112 Å². The molecule has 0 unspecified atom stereocenters. The van der Waals surface area contributed by atoms with Crippen LogP contribution in [0.2, 0.25) is 0 Å². The average molecular weight is 450 g/mol. The van der Waals surface area contributed by atoms with E-state index in [1.807, 2.05) is 97.9 Å². The number of rotatable bonds is 4. The SMILES string of the molecule is Cc1c(N=c2cc(-c3ccccc3)n(-c3ccccc3)[nH]c2=O)c(=O)n(-c2ccccc2)n1C. The molecule has 3 aromatic carbocycles. The minimum Gasteiger partial charge on any atom is -0.283 e. The number of nitrogens with one attached hydrogen (secondary N) is 1. The van der Waals surface area contributed by atoms with Crippen molar-refractivity contribution in [1.29, 1.82) is 0 Å². The van der Waals surface area contributed by atoms with Crippen LogP contribution in [0, 0.1) is 6.92 Å². The van der Waals surface area contributed by atoms with E-state index in [4.69, 9.17) is 0 Å². The number of hydrogen-bond acceptors (Lipinski definition) is 3. The van der Waals surface area contributed by atoms with E-state index >= 15 is 0 Å². The molecule has 34 heavy (non-hydrogen) atoms. The largest absolute Gasteiger partial charge is 0.297 e. The van der Waals surface area contributed by atoms with Crippen molar-refractivity contribution < 1.29 is 0 Å². The molecule has 2 aromatic heterocycles. The van der Waals surface area contributed by atoms with Gasteiger partial charge < -0.3 is 0 Å². The van der Waals surface area contributed by atoms with E-state index in [9.17, 15) is 9.59 Å². The van der Waals surface area contributed by atoms with Gasteiger partial charge in [-0.25, -0.2) is 9.67 Å². The van der Waals surface area contributed by atoms with Gasteiger partial charge in [0.05, 0.1) is 22.8 Å². The van der Waals surface area contributed by atoms with E-state index in [1.54, 1.807) is 27.2 Å². The fourth-order valence-corrected chi connectivity index (χ4v) is 3.97. The van der Waals surface area contributed by atoms with E-state index < -0.39 is 5.56 Å². The predicted molar refractivity (Wildman–Crippen MR) is 133 cm³/mol. The number of aromatic nitrogens is 4. The fourth-order valence-electron chi connectivity index (χ4n) is 3.97. The van der Waals surface area contributed by atoms with Crippen LogP contribution in [0.1, 0.15) is 5.69 Å². The van der Waals surface area contributed by atoms with Gasteiger partial charge in [-0.3, -0.25) is 24.1 Å². The van der Waals surface area contributed by atoms with Gasteiger partial charge in [0, 0.05) is 12.6 Å². The molecule has 0 atom stereocenters. The minimum absolute atomic E-state index is 0.164. The molecule has 5 aromatic rings. The average Bonchev–Trinajstić information content (AvgIpc) is 3.09. The van der Waals surface area contributed by atoms with Gasteiger partial charge in [-0.15, -0.1) is 0 Å². The van der Waals surface area contributed by atoms with Gasteiger partial charge in [-0.1, -0.05) is 66.7 Å². The maximum Gasteiger partial charge on any atom is 0.297 e.